The van der Waals surface area contributed by atoms with Gasteiger partial charge in [0.25, 0.3) is 0 Å². The van der Waals surface area contributed by atoms with Crippen molar-refractivity contribution in [2.75, 3.05) is 0 Å². The SMILES string of the molecule is CCCCCCC#Cc1ccc(C#Cc2ccc(Br)cc2)cc1. The molecule has 0 fully saturated rings. The molecule has 0 bridgehead atoms. The van der Waals surface area contributed by atoms with Gasteiger partial charge in [0.05, 0.1) is 0 Å². The molecule has 0 amide bonds. The molecule has 0 saturated carbocycles. The van der Waals surface area contributed by atoms with Crippen molar-refractivity contribution in [2.45, 2.75) is 39.0 Å². The molecule has 23 heavy (non-hydrogen) atoms. The smallest absolute Gasteiger partial charge is 0.0249 e. The van der Waals surface area contributed by atoms with Crippen LogP contribution in [0.15, 0.2) is 53.0 Å². The third-order valence-corrected chi connectivity index (χ3v) is 4.00. The summed E-state index contributed by atoms with van der Waals surface area (Å²) in [5.74, 6) is 12.8. The van der Waals surface area contributed by atoms with Gasteiger partial charge in [-0.1, -0.05) is 65.8 Å². The summed E-state index contributed by atoms with van der Waals surface area (Å²) in [6.45, 7) is 2.23. The van der Waals surface area contributed by atoms with Crippen molar-refractivity contribution in [1.82, 2.24) is 0 Å². The second-order valence-corrected chi connectivity index (χ2v) is 6.36. The molecule has 0 radical (unpaired) electrons. The molecule has 116 valence electrons. The average Bonchev–Trinajstić information content (AvgIpc) is 2.58. The normalized spacial score (nSPS) is 9.48. The first-order chi connectivity index (χ1) is 11.3. The summed E-state index contributed by atoms with van der Waals surface area (Å²) in [7, 11) is 0. The third kappa shape index (κ3) is 6.77. The molecule has 0 heterocycles. The predicted molar refractivity (Wildman–Crippen MR) is 102 cm³/mol. The van der Waals surface area contributed by atoms with E-state index in [0.717, 1.165) is 27.6 Å². The molecular formula is C22H21Br. The molecule has 0 atom stereocenters. The molecule has 0 aliphatic rings. The van der Waals surface area contributed by atoms with Gasteiger partial charge in [0.1, 0.15) is 0 Å². The highest BCUT2D eigenvalue weighted by molar-refractivity contribution is 9.10. The Morgan fingerprint density at radius 2 is 1.22 bits per heavy atom. The van der Waals surface area contributed by atoms with Crippen LogP contribution in [0.3, 0.4) is 0 Å². The molecule has 0 nitrogen and oxygen atoms in total. The van der Waals surface area contributed by atoms with Crippen LogP contribution in [-0.4, -0.2) is 0 Å². The van der Waals surface area contributed by atoms with Crippen molar-refractivity contribution in [1.29, 1.82) is 0 Å². The Kier molecular flexibility index (Phi) is 7.51. The monoisotopic (exact) mass is 364 g/mol. The fourth-order valence-corrected chi connectivity index (χ4v) is 2.38. The fourth-order valence-electron chi connectivity index (χ4n) is 2.12. The van der Waals surface area contributed by atoms with Gasteiger partial charge in [0.15, 0.2) is 0 Å². The predicted octanol–water partition coefficient (Wildman–Crippen LogP) is 6.17. The Morgan fingerprint density at radius 3 is 1.78 bits per heavy atom. The molecule has 0 unspecified atom stereocenters. The van der Waals surface area contributed by atoms with Gasteiger partial charge in [-0.05, 0) is 55.0 Å². The van der Waals surface area contributed by atoms with Crippen LogP contribution in [0.1, 0.15) is 55.7 Å². The standard InChI is InChI=1S/C22H21Br/c1-2-3-4-5-6-7-8-19-9-11-20(12-10-19)13-14-21-15-17-22(23)18-16-21/h9-12,15-18H,2-6H2,1H3. The zero-order valence-electron chi connectivity index (χ0n) is 13.5. The summed E-state index contributed by atoms with van der Waals surface area (Å²) in [6.07, 6.45) is 6.07. The molecule has 0 aliphatic carbocycles. The number of halogens is 1. The summed E-state index contributed by atoms with van der Waals surface area (Å²) in [5.41, 5.74) is 3.10. The van der Waals surface area contributed by atoms with Crippen LogP contribution >= 0.6 is 15.9 Å². The molecule has 0 aromatic heterocycles. The maximum Gasteiger partial charge on any atom is 0.0249 e. The Bertz CT molecular complexity index is 716. The van der Waals surface area contributed by atoms with Crippen molar-refractivity contribution in [2.24, 2.45) is 0 Å². The quantitative estimate of drug-likeness (QED) is 0.449. The van der Waals surface area contributed by atoms with E-state index in [9.17, 15) is 0 Å². The minimum absolute atomic E-state index is 0.991. The summed E-state index contributed by atoms with van der Waals surface area (Å²) < 4.78 is 1.07. The van der Waals surface area contributed by atoms with E-state index in [2.05, 4.69) is 46.5 Å². The van der Waals surface area contributed by atoms with Crippen LogP contribution in [0.5, 0.6) is 0 Å². The first kappa shape index (κ1) is 17.4. The van der Waals surface area contributed by atoms with Gasteiger partial charge in [-0.2, -0.15) is 0 Å². The van der Waals surface area contributed by atoms with Crippen LogP contribution in [0.2, 0.25) is 0 Å². The van der Waals surface area contributed by atoms with Crippen LogP contribution in [0, 0.1) is 23.7 Å². The summed E-state index contributed by atoms with van der Waals surface area (Å²) in [5, 5.41) is 0. The number of rotatable bonds is 4. The van der Waals surface area contributed by atoms with Gasteiger partial charge < -0.3 is 0 Å². The van der Waals surface area contributed by atoms with E-state index < -0.39 is 0 Å². The van der Waals surface area contributed by atoms with Crippen LogP contribution in [0.4, 0.5) is 0 Å². The van der Waals surface area contributed by atoms with Crippen molar-refractivity contribution in [3.05, 3.63) is 69.7 Å². The van der Waals surface area contributed by atoms with Crippen LogP contribution < -0.4 is 0 Å². The Balaban J connectivity index is 1.90. The molecule has 2 aromatic rings. The largest absolute Gasteiger partial charge is 0.0979 e. The summed E-state index contributed by atoms with van der Waals surface area (Å²) in [6, 6.07) is 16.2. The van der Waals surface area contributed by atoms with Crippen LogP contribution in [0.25, 0.3) is 0 Å². The molecule has 1 heteroatoms. The lowest BCUT2D eigenvalue weighted by Gasteiger charge is -1.94. The molecule has 0 spiro atoms. The molecular weight excluding hydrogens is 344 g/mol. The van der Waals surface area contributed by atoms with Crippen molar-refractivity contribution in [3.8, 4) is 23.7 Å². The summed E-state index contributed by atoms with van der Waals surface area (Å²) in [4.78, 5) is 0. The Morgan fingerprint density at radius 1 is 0.696 bits per heavy atom. The molecule has 2 aromatic carbocycles. The molecule has 0 saturated heterocycles. The molecule has 2 rings (SSSR count). The van der Waals surface area contributed by atoms with Gasteiger partial charge in [-0.3, -0.25) is 0 Å². The van der Waals surface area contributed by atoms with Gasteiger partial charge >= 0.3 is 0 Å². The Labute approximate surface area is 148 Å². The minimum atomic E-state index is 0.991. The lowest BCUT2D eigenvalue weighted by Crippen LogP contribution is -1.79. The van der Waals surface area contributed by atoms with Gasteiger partial charge in [0.2, 0.25) is 0 Å². The first-order valence-electron chi connectivity index (χ1n) is 8.14. The molecule has 0 N–H and O–H groups in total. The van der Waals surface area contributed by atoms with Gasteiger partial charge in [0, 0.05) is 27.6 Å². The van der Waals surface area contributed by atoms with E-state index >= 15 is 0 Å². The van der Waals surface area contributed by atoms with E-state index in [0.29, 0.717) is 0 Å². The maximum absolute atomic E-state index is 3.43. The van der Waals surface area contributed by atoms with E-state index in [-0.39, 0.29) is 0 Å². The molecule has 0 aliphatic heterocycles. The van der Waals surface area contributed by atoms with E-state index in [1.165, 1.54) is 25.7 Å². The first-order valence-corrected chi connectivity index (χ1v) is 8.94. The lowest BCUT2D eigenvalue weighted by molar-refractivity contribution is 0.679. The zero-order valence-corrected chi connectivity index (χ0v) is 15.1. The van der Waals surface area contributed by atoms with Crippen molar-refractivity contribution in [3.63, 3.8) is 0 Å². The van der Waals surface area contributed by atoms with E-state index in [1.54, 1.807) is 0 Å². The summed E-state index contributed by atoms with van der Waals surface area (Å²) >= 11 is 3.43. The van der Waals surface area contributed by atoms with Crippen molar-refractivity contribution < 1.29 is 0 Å². The number of hydrogen-bond acceptors (Lipinski definition) is 0. The third-order valence-electron chi connectivity index (χ3n) is 3.47. The highest BCUT2D eigenvalue weighted by Crippen LogP contribution is 2.10. The second kappa shape index (κ2) is 9.94. The topological polar surface area (TPSA) is 0 Å². The highest BCUT2D eigenvalue weighted by Gasteiger charge is 1.90. The Hall–Kier alpha value is -1.96. The highest BCUT2D eigenvalue weighted by atomic mass is 79.9. The lowest BCUT2D eigenvalue weighted by atomic mass is 10.1. The van der Waals surface area contributed by atoms with E-state index in [1.807, 2.05) is 48.5 Å². The number of hydrogen-bond donors (Lipinski definition) is 0. The van der Waals surface area contributed by atoms with E-state index in [4.69, 9.17) is 0 Å². The number of unbranched alkanes of at least 4 members (excludes halogenated alkanes) is 4. The minimum Gasteiger partial charge on any atom is -0.0979 e. The van der Waals surface area contributed by atoms with Gasteiger partial charge in [-0.25, -0.2) is 0 Å². The van der Waals surface area contributed by atoms with Gasteiger partial charge in [-0.15, -0.1) is 0 Å². The zero-order chi connectivity index (χ0) is 16.3. The van der Waals surface area contributed by atoms with Crippen molar-refractivity contribution >= 4 is 15.9 Å². The average molecular weight is 365 g/mol. The maximum atomic E-state index is 3.43. The van der Waals surface area contributed by atoms with Crippen LogP contribution in [-0.2, 0) is 0 Å². The fraction of sp³-hybridized carbons (Fsp3) is 0.273. The number of benzene rings is 2. The second-order valence-electron chi connectivity index (χ2n) is 5.45.